The zero-order chi connectivity index (χ0) is 22.1. The highest BCUT2D eigenvalue weighted by molar-refractivity contribution is 5.64. The molecule has 0 N–H and O–H groups in total. The molecule has 1 saturated carbocycles. The van der Waals surface area contributed by atoms with Crippen molar-refractivity contribution >= 4 is 0 Å². The molecule has 160 valence electrons. The van der Waals surface area contributed by atoms with Gasteiger partial charge in [0.15, 0.2) is 0 Å². The molecular weight excluding hydrogens is 412 g/mol. The summed E-state index contributed by atoms with van der Waals surface area (Å²) in [6, 6.07) is 7.53. The van der Waals surface area contributed by atoms with Crippen molar-refractivity contribution in [2.75, 3.05) is 0 Å². The standard InChI is InChI=1S/C23H19F2N7/c1-22(2)14-6-8-23(22,18-7-9-26-21(29-18)32-11-27-28-12-32)20-13(14)10-17(30-31-20)19-15(24)4-3-5-16(19)25/h3-5,7,9-12,14H,6,8H2,1-2H3/t14-,23+/m0/s1. The summed E-state index contributed by atoms with van der Waals surface area (Å²) in [6.07, 6.45) is 6.62. The lowest BCUT2D eigenvalue weighted by Crippen LogP contribution is -2.38. The Hall–Kier alpha value is -3.62. The van der Waals surface area contributed by atoms with Crippen LogP contribution in [0.4, 0.5) is 8.78 Å². The largest absolute Gasteiger partial charge is 0.255 e. The summed E-state index contributed by atoms with van der Waals surface area (Å²) in [5.74, 6) is -0.640. The first-order chi connectivity index (χ1) is 15.4. The van der Waals surface area contributed by atoms with Gasteiger partial charge in [0.1, 0.15) is 24.3 Å². The van der Waals surface area contributed by atoms with Crippen molar-refractivity contribution in [3.05, 3.63) is 77.8 Å². The van der Waals surface area contributed by atoms with Gasteiger partial charge in [0.2, 0.25) is 5.95 Å². The van der Waals surface area contributed by atoms with E-state index in [1.807, 2.05) is 6.07 Å². The molecular formula is C23H19F2N7. The van der Waals surface area contributed by atoms with E-state index >= 15 is 0 Å². The molecule has 1 fully saturated rings. The molecule has 2 aliphatic rings. The number of hydrogen-bond donors (Lipinski definition) is 0. The molecule has 2 aliphatic carbocycles. The van der Waals surface area contributed by atoms with E-state index in [-0.39, 0.29) is 22.6 Å². The average molecular weight is 431 g/mol. The molecule has 0 radical (unpaired) electrons. The zero-order valence-electron chi connectivity index (χ0n) is 17.5. The Morgan fingerprint density at radius 3 is 2.53 bits per heavy atom. The summed E-state index contributed by atoms with van der Waals surface area (Å²) in [7, 11) is 0. The molecule has 0 saturated heterocycles. The lowest BCUT2D eigenvalue weighted by molar-refractivity contribution is 0.242. The van der Waals surface area contributed by atoms with Crippen LogP contribution in [0.25, 0.3) is 17.2 Å². The van der Waals surface area contributed by atoms with Gasteiger partial charge in [-0.05, 0) is 54.0 Å². The fourth-order valence-electron chi connectivity index (χ4n) is 5.77. The fraction of sp³-hybridized carbons (Fsp3) is 0.304. The van der Waals surface area contributed by atoms with Crippen LogP contribution in [0.1, 0.15) is 49.6 Å². The first-order valence-corrected chi connectivity index (χ1v) is 10.4. The summed E-state index contributed by atoms with van der Waals surface area (Å²) < 4.78 is 30.5. The number of benzene rings is 1. The monoisotopic (exact) mass is 431 g/mol. The second kappa shape index (κ2) is 6.44. The fourth-order valence-corrected chi connectivity index (χ4v) is 5.77. The molecule has 32 heavy (non-hydrogen) atoms. The minimum Gasteiger partial charge on any atom is -0.255 e. The molecule has 9 heteroatoms. The van der Waals surface area contributed by atoms with E-state index in [1.54, 1.807) is 29.5 Å². The first kappa shape index (κ1) is 19.1. The third-order valence-corrected chi connectivity index (χ3v) is 7.33. The Morgan fingerprint density at radius 1 is 1.03 bits per heavy atom. The smallest absolute Gasteiger partial charge is 0.236 e. The van der Waals surface area contributed by atoms with Crippen molar-refractivity contribution < 1.29 is 8.78 Å². The maximum absolute atomic E-state index is 14.4. The highest BCUT2D eigenvalue weighted by Gasteiger charge is 2.65. The lowest BCUT2D eigenvalue weighted by Gasteiger charge is -2.37. The van der Waals surface area contributed by atoms with Gasteiger partial charge in [0.25, 0.3) is 0 Å². The highest BCUT2D eigenvalue weighted by atomic mass is 19.1. The third kappa shape index (κ3) is 2.33. The molecule has 0 aliphatic heterocycles. The predicted molar refractivity (Wildman–Crippen MR) is 111 cm³/mol. The first-order valence-electron chi connectivity index (χ1n) is 10.4. The predicted octanol–water partition coefficient (Wildman–Crippen LogP) is 4.00. The van der Waals surface area contributed by atoms with Gasteiger partial charge in [-0.25, -0.2) is 18.7 Å². The number of rotatable bonds is 3. The lowest BCUT2D eigenvalue weighted by atomic mass is 9.66. The molecule has 2 bridgehead atoms. The number of fused-ring (bicyclic) bond motifs is 5. The van der Waals surface area contributed by atoms with Crippen LogP contribution in [0, 0.1) is 17.0 Å². The summed E-state index contributed by atoms with van der Waals surface area (Å²) in [6.45, 7) is 4.41. The number of hydrogen-bond acceptors (Lipinski definition) is 6. The van der Waals surface area contributed by atoms with Gasteiger partial charge in [-0.1, -0.05) is 19.9 Å². The van der Waals surface area contributed by atoms with E-state index in [9.17, 15) is 8.78 Å². The summed E-state index contributed by atoms with van der Waals surface area (Å²) in [4.78, 5) is 9.22. The number of nitrogens with zero attached hydrogens (tertiary/aromatic N) is 7. The third-order valence-electron chi connectivity index (χ3n) is 7.33. The minimum atomic E-state index is -0.647. The van der Waals surface area contributed by atoms with Gasteiger partial charge in [-0.3, -0.25) is 4.57 Å². The number of halogens is 2. The molecule has 3 aromatic heterocycles. The molecule has 6 rings (SSSR count). The van der Waals surface area contributed by atoms with Gasteiger partial charge in [-0.15, -0.1) is 15.3 Å². The van der Waals surface area contributed by atoms with E-state index in [0.717, 1.165) is 29.8 Å². The van der Waals surface area contributed by atoms with Crippen molar-refractivity contribution in [2.45, 2.75) is 38.0 Å². The van der Waals surface area contributed by atoms with Crippen molar-refractivity contribution in [3.63, 3.8) is 0 Å². The van der Waals surface area contributed by atoms with E-state index in [2.05, 4.69) is 39.2 Å². The molecule has 2 atom stereocenters. The zero-order valence-corrected chi connectivity index (χ0v) is 17.5. The minimum absolute atomic E-state index is 0.144. The Balaban J connectivity index is 1.54. The molecule has 0 amide bonds. The molecule has 0 spiro atoms. The van der Waals surface area contributed by atoms with Gasteiger partial charge >= 0.3 is 0 Å². The van der Waals surface area contributed by atoms with Crippen LogP contribution in [0.5, 0.6) is 0 Å². The van der Waals surface area contributed by atoms with Gasteiger partial charge in [0, 0.05) is 6.20 Å². The van der Waals surface area contributed by atoms with Gasteiger partial charge in [0.05, 0.1) is 28.1 Å². The van der Waals surface area contributed by atoms with Gasteiger partial charge < -0.3 is 0 Å². The van der Waals surface area contributed by atoms with E-state index in [0.29, 0.717) is 5.95 Å². The van der Waals surface area contributed by atoms with Crippen LogP contribution in [-0.2, 0) is 5.41 Å². The van der Waals surface area contributed by atoms with Gasteiger partial charge in [-0.2, -0.15) is 5.10 Å². The Morgan fingerprint density at radius 2 is 1.78 bits per heavy atom. The normalized spacial score (nSPS) is 22.8. The topological polar surface area (TPSA) is 82.3 Å². The molecule has 1 aromatic carbocycles. The number of aromatic nitrogens is 7. The molecule has 3 heterocycles. The quantitative estimate of drug-likeness (QED) is 0.488. The molecule has 4 aromatic rings. The Labute approximate surface area is 182 Å². The van der Waals surface area contributed by atoms with E-state index < -0.39 is 17.0 Å². The van der Waals surface area contributed by atoms with Crippen LogP contribution in [0.3, 0.4) is 0 Å². The maximum Gasteiger partial charge on any atom is 0.236 e. The van der Waals surface area contributed by atoms with Crippen molar-refractivity contribution in [2.24, 2.45) is 5.41 Å². The van der Waals surface area contributed by atoms with Crippen LogP contribution in [-0.4, -0.2) is 34.9 Å². The van der Waals surface area contributed by atoms with E-state index in [1.165, 1.54) is 18.2 Å². The van der Waals surface area contributed by atoms with Crippen LogP contribution in [0.15, 0.2) is 49.2 Å². The van der Waals surface area contributed by atoms with Crippen LogP contribution < -0.4 is 0 Å². The molecule has 0 unspecified atom stereocenters. The highest BCUT2D eigenvalue weighted by Crippen LogP contribution is 2.69. The van der Waals surface area contributed by atoms with Crippen LogP contribution >= 0.6 is 0 Å². The maximum atomic E-state index is 14.4. The van der Waals surface area contributed by atoms with Crippen molar-refractivity contribution in [3.8, 4) is 17.2 Å². The summed E-state index contributed by atoms with van der Waals surface area (Å²) in [5.41, 5.74) is 2.04. The Bertz CT molecular complexity index is 1330. The average Bonchev–Trinajstić information content (AvgIpc) is 3.45. The SMILES string of the molecule is CC1(C)[C@H]2CC[C@@]1(c1ccnc(-n3cnnc3)n1)c1nnc(-c3c(F)cccc3F)cc12. The van der Waals surface area contributed by atoms with Crippen molar-refractivity contribution in [1.82, 2.24) is 34.9 Å². The van der Waals surface area contributed by atoms with E-state index in [4.69, 9.17) is 4.98 Å². The molecule has 7 nitrogen and oxygen atoms in total. The Kier molecular flexibility index (Phi) is 3.84. The second-order valence-corrected chi connectivity index (χ2v) is 8.96. The summed E-state index contributed by atoms with van der Waals surface area (Å²) in [5, 5.41) is 16.5. The van der Waals surface area contributed by atoms with Crippen molar-refractivity contribution in [1.29, 1.82) is 0 Å². The summed E-state index contributed by atoms with van der Waals surface area (Å²) >= 11 is 0. The van der Waals surface area contributed by atoms with Crippen LogP contribution in [0.2, 0.25) is 0 Å². The second-order valence-electron chi connectivity index (χ2n) is 8.96.